The lowest BCUT2D eigenvalue weighted by atomic mass is 10.0. The van der Waals surface area contributed by atoms with E-state index in [2.05, 4.69) is 28.2 Å². The average molecular weight is 240 g/mol. The Morgan fingerprint density at radius 3 is 2.89 bits per heavy atom. The molecule has 3 heteroatoms. The van der Waals surface area contributed by atoms with E-state index >= 15 is 0 Å². The van der Waals surface area contributed by atoms with Crippen molar-refractivity contribution >= 4 is 0 Å². The Kier molecular flexibility index (Phi) is 3.07. The second-order valence-electron chi connectivity index (χ2n) is 4.81. The van der Waals surface area contributed by atoms with Crippen molar-refractivity contribution < 1.29 is 5.11 Å². The largest absolute Gasteiger partial charge is 0.386 e. The molecule has 1 aliphatic carbocycles. The van der Waals surface area contributed by atoms with Crippen molar-refractivity contribution in [3.8, 4) is 0 Å². The predicted molar refractivity (Wildman–Crippen MR) is 69.2 cm³/mol. The fraction of sp³-hybridized carbons (Fsp3) is 0.333. The van der Waals surface area contributed by atoms with E-state index in [0.717, 1.165) is 0 Å². The third-order valence-corrected chi connectivity index (χ3v) is 3.54. The van der Waals surface area contributed by atoms with E-state index in [1.165, 1.54) is 42.3 Å². The molecule has 1 atom stereocenters. The van der Waals surface area contributed by atoms with Crippen LogP contribution in [-0.4, -0.2) is 15.1 Å². The molecule has 18 heavy (non-hydrogen) atoms. The quantitative estimate of drug-likeness (QED) is 0.895. The highest BCUT2D eigenvalue weighted by Crippen LogP contribution is 2.25. The van der Waals surface area contributed by atoms with Gasteiger partial charge in [0.15, 0.2) is 0 Å². The van der Waals surface area contributed by atoms with Crippen LogP contribution in [0, 0.1) is 0 Å². The maximum absolute atomic E-state index is 10.1. The van der Waals surface area contributed by atoms with E-state index in [-0.39, 0.29) is 0 Å². The van der Waals surface area contributed by atoms with Crippen molar-refractivity contribution in [1.29, 1.82) is 0 Å². The maximum atomic E-state index is 10.1. The molecule has 3 nitrogen and oxygen atoms in total. The number of fused-ring (bicyclic) bond motifs is 1. The number of hydrogen-bond donors (Lipinski definition) is 1. The fourth-order valence-corrected chi connectivity index (χ4v) is 2.58. The number of hydrogen-bond acceptors (Lipinski definition) is 3. The van der Waals surface area contributed by atoms with E-state index < -0.39 is 6.10 Å². The summed E-state index contributed by atoms with van der Waals surface area (Å²) in [4.78, 5) is 7.95. The Morgan fingerprint density at radius 1 is 1.17 bits per heavy atom. The monoisotopic (exact) mass is 240 g/mol. The number of rotatable bonds is 3. The Labute approximate surface area is 107 Å². The second kappa shape index (κ2) is 4.86. The molecule has 0 saturated carbocycles. The van der Waals surface area contributed by atoms with Gasteiger partial charge in [-0.05, 0) is 42.0 Å². The van der Waals surface area contributed by atoms with Crippen molar-refractivity contribution in [2.45, 2.75) is 31.8 Å². The molecule has 3 rings (SSSR count). The Morgan fingerprint density at radius 2 is 2.06 bits per heavy atom. The van der Waals surface area contributed by atoms with Gasteiger partial charge in [-0.3, -0.25) is 0 Å². The second-order valence-corrected chi connectivity index (χ2v) is 4.81. The van der Waals surface area contributed by atoms with Crippen LogP contribution in [0.25, 0.3) is 0 Å². The van der Waals surface area contributed by atoms with Gasteiger partial charge in [0.25, 0.3) is 0 Å². The summed E-state index contributed by atoms with van der Waals surface area (Å²) in [5, 5.41) is 10.1. The van der Waals surface area contributed by atoms with Crippen LogP contribution in [0.2, 0.25) is 0 Å². The lowest BCUT2D eigenvalue weighted by molar-refractivity contribution is 0.173. The molecule has 0 amide bonds. The molecule has 0 bridgehead atoms. The van der Waals surface area contributed by atoms with Gasteiger partial charge in [0.2, 0.25) is 0 Å². The van der Waals surface area contributed by atoms with Crippen LogP contribution in [0.4, 0.5) is 0 Å². The van der Waals surface area contributed by atoms with Crippen LogP contribution in [-0.2, 0) is 19.3 Å². The van der Waals surface area contributed by atoms with Crippen molar-refractivity contribution in [3.63, 3.8) is 0 Å². The van der Waals surface area contributed by atoms with Crippen LogP contribution in [0.1, 0.15) is 34.9 Å². The average Bonchev–Trinajstić information content (AvgIpc) is 2.87. The Bertz CT molecular complexity index is 539. The molecule has 0 aliphatic heterocycles. The summed E-state index contributed by atoms with van der Waals surface area (Å²) in [5.74, 6) is 0. The predicted octanol–water partition coefficient (Wildman–Crippen LogP) is 2.24. The Hall–Kier alpha value is -1.74. The molecule has 1 aromatic heterocycles. The summed E-state index contributed by atoms with van der Waals surface area (Å²) in [5.41, 5.74) is 4.78. The standard InChI is InChI=1S/C15H16N2O/c18-15(14-6-7-16-10-17-14)9-11-4-5-12-2-1-3-13(12)8-11/h4-8,10,15,18H,1-3,9H2. The zero-order valence-electron chi connectivity index (χ0n) is 10.2. The van der Waals surface area contributed by atoms with Crippen LogP contribution in [0.15, 0.2) is 36.8 Å². The molecule has 2 aromatic rings. The van der Waals surface area contributed by atoms with E-state index in [1.807, 2.05) is 0 Å². The van der Waals surface area contributed by atoms with Gasteiger partial charge in [0, 0.05) is 12.6 Å². The number of nitrogens with zero attached hydrogens (tertiary/aromatic N) is 2. The van der Waals surface area contributed by atoms with Crippen LogP contribution in [0.5, 0.6) is 0 Å². The maximum Gasteiger partial charge on any atom is 0.115 e. The molecule has 1 unspecified atom stereocenters. The highest BCUT2D eigenvalue weighted by Gasteiger charge is 2.14. The topological polar surface area (TPSA) is 46.0 Å². The summed E-state index contributed by atoms with van der Waals surface area (Å²) in [6, 6.07) is 8.31. The zero-order chi connectivity index (χ0) is 12.4. The van der Waals surface area contributed by atoms with E-state index in [1.54, 1.807) is 12.3 Å². The van der Waals surface area contributed by atoms with Crippen molar-refractivity contribution in [1.82, 2.24) is 9.97 Å². The molecule has 0 saturated heterocycles. The van der Waals surface area contributed by atoms with Gasteiger partial charge in [0.05, 0.1) is 5.69 Å². The van der Waals surface area contributed by atoms with Crippen LogP contribution in [0.3, 0.4) is 0 Å². The molecule has 0 radical (unpaired) electrons. The van der Waals surface area contributed by atoms with Crippen molar-refractivity contribution in [3.05, 3.63) is 59.2 Å². The first kappa shape index (κ1) is 11.4. The number of aliphatic hydroxyl groups is 1. The third kappa shape index (κ3) is 2.27. The van der Waals surface area contributed by atoms with Gasteiger partial charge in [0.1, 0.15) is 12.4 Å². The van der Waals surface area contributed by atoms with E-state index in [9.17, 15) is 5.11 Å². The minimum absolute atomic E-state index is 0.549. The first-order chi connectivity index (χ1) is 8.83. The number of aromatic nitrogens is 2. The summed E-state index contributed by atoms with van der Waals surface area (Å²) in [7, 11) is 0. The summed E-state index contributed by atoms with van der Waals surface area (Å²) >= 11 is 0. The molecule has 1 N–H and O–H groups in total. The number of benzene rings is 1. The minimum Gasteiger partial charge on any atom is -0.386 e. The smallest absolute Gasteiger partial charge is 0.115 e. The Balaban J connectivity index is 1.77. The lowest BCUT2D eigenvalue weighted by Crippen LogP contribution is -2.04. The molecule has 92 valence electrons. The van der Waals surface area contributed by atoms with Gasteiger partial charge in [-0.15, -0.1) is 0 Å². The van der Waals surface area contributed by atoms with Gasteiger partial charge < -0.3 is 5.11 Å². The number of aliphatic hydroxyl groups excluding tert-OH is 1. The lowest BCUT2D eigenvalue weighted by Gasteiger charge is -2.11. The highest BCUT2D eigenvalue weighted by atomic mass is 16.3. The molecular weight excluding hydrogens is 224 g/mol. The van der Waals surface area contributed by atoms with Crippen molar-refractivity contribution in [2.24, 2.45) is 0 Å². The van der Waals surface area contributed by atoms with Crippen LogP contribution >= 0.6 is 0 Å². The molecule has 1 aromatic carbocycles. The molecule has 1 aliphatic rings. The van der Waals surface area contributed by atoms with Crippen molar-refractivity contribution in [2.75, 3.05) is 0 Å². The SMILES string of the molecule is OC(Cc1ccc2c(c1)CCC2)c1ccncn1. The summed E-state index contributed by atoms with van der Waals surface area (Å²) < 4.78 is 0. The molecule has 0 spiro atoms. The normalized spacial score (nSPS) is 15.4. The molecular formula is C15H16N2O. The highest BCUT2D eigenvalue weighted by molar-refractivity contribution is 5.35. The summed E-state index contributed by atoms with van der Waals surface area (Å²) in [6.45, 7) is 0. The third-order valence-electron chi connectivity index (χ3n) is 3.54. The van der Waals surface area contributed by atoms with Crippen LogP contribution < -0.4 is 0 Å². The first-order valence-electron chi connectivity index (χ1n) is 6.37. The van der Waals surface area contributed by atoms with Gasteiger partial charge in [-0.1, -0.05) is 18.2 Å². The minimum atomic E-state index is -0.549. The molecule has 1 heterocycles. The zero-order valence-corrected chi connectivity index (χ0v) is 10.2. The summed E-state index contributed by atoms with van der Waals surface area (Å²) in [6.07, 6.45) is 6.83. The number of aryl methyl sites for hydroxylation is 2. The van der Waals surface area contributed by atoms with E-state index in [4.69, 9.17) is 0 Å². The van der Waals surface area contributed by atoms with Gasteiger partial charge in [-0.25, -0.2) is 9.97 Å². The molecule has 0 fully saturated rings. The van der Waals surface area contributed by atoms with Gasteiger partial charge >= 0.3 is 0 Å². The van der Waals surface area contributed by atoms with Gasteiger partial charge in [-0.2, -0.15) is 0 Å². The fourth-order valence-electron chi connectivity index (χ4n) is 2.58. The van der Waals surface area contributed by atoms with E-state index in [0.29, 0.717) is 12.1 Å². The first-order valence-corrected chi connectivity index (χ1v) is 6.37.